The molecule has 0 atom stereocenters. The molecule has 0 fully saturated rings. The van der Waals surface area contributed by atoms with Gasteiger partial charge in [0.1, 0.15) is 0 Å². The number of halogens is 2. The van der Waals surface area contributed by atoms with E-state index in [4.69, 9.17) is 0 Å². The van der Waals surface area contributed by atoms with Crippen molar-refractivity contribution in [2.75, 3.05) is 0 Å². The minimum atomic E-state index is 0. The topological polar surface area (TPSA) is 33.5 Å². The summed E-state index contributed by atoms with van der Waals surface area (Å²) in [6.45, 7) is 24.5. The predicted molar refractivity (Wildman–Crippen MR) is 111 cm³/mol. The van der Waals surface area contributed by atoms with Crippen LogP contribution in [0.2, 0.25) is 39.3 Å². The van der Waals surface area contributed by atoms with Crippen molar-refractivity contribution >= 4 is 42.4 Å². The van der Waals surface area contributed by atoms with Gasteiger partial charge in [-0.3, -0.25) is 6.08 Å². The monoisotopic (exact) mass is 459 g/mol. The molecule has 0 saturated carbocycles. The van der Waals surface area contributed by atoms with Crippen LogP contribution in [0.1, 0.15) is 34.6 Å². The maximum Gasteiger partial charge on any atom is 2.00 e. The van der Waals surface area contributed by atoms with Gasteiger partial charge < -0.3 is 6.15 Å². The fraction of sp³-hybridized carbons (Fsp3) is 0.750. The third-order valence-electron chi connectivity index (χ3n) is 2.56. The first-order valence-electron chi connectivity index (χ1n) is 6.75. The third-order valence-corrected chi connectivity index (χ3v) is 2.56. The fourth-order valence-corrected chi connectivity index (χ4v) is 1.41. The second kappa shape index (κ2) is 18.7. The SMILES string of the molecule is CC1=[C-]C(C)(C)C(C)=C1C.C[Si](C)C.C[Si](C)C.Cl.Cl.[NH2-].[Zr+2]. The van der Waals surface area contributed by atoms with E-state index in [0.29, 0.717) is 0 Å². The standard InChI is InChI=1S/C10H15.2C3H9Si.2ClH.H2N.Zr/c1-7-6-10(4,5)9(3)8(7)2;2*1-4(2)3;;;;/h1-5H3;2*1-3H3;2*1H;1H2;/q-1;;;;;-1;+2. The molecule has 0 heterocycles. The maximum absolute atomic E-state index is 3.44. The van der Waals surface area contributed by atoms with Gasteiger partial charge in [0.15, 0.2) is 0 Å². The van der Waals surface area contributed by atoms with Crippen LogP contribution in [0.4, 0.5) is 0 Å². The fourth-order valence-electron chi connectivity index (χ4n) is 1.41. The second-order valence-electron chi connectivity index (χ2n) is 6.62. The summed E-state index contributed by atoms with van der Waals surface area (Å²) in [6.07, 6.45) is 3.44. The molecule has 2 N–H and O–H groups in total. The Bertz CT molecular complexity index is 304. The van der Waals surface area contributed by atoms with Crippen molar-refractivity contribution in [1.29, 1.82) is 0 Å². The minimum Gasteiger partial charge on any atom is -0.693 e. The molecule has 1 aliphatic rings. The largest absolute Gasteiger partial charge is 2.00 e. The van der Waals surface area contributed by atoms with E-state index >= 15 is 0 Å². The zero-order valence-corrected chi connectivity index (χ0v) is 22.5. The normalized spacial score (nSPS) is 14.0. The molecule has 22 heavy (non-hydrogen) atoms. The Labute approximate surface area is 175 Å². The molecule has 2 radical (unpaired) electrons. The van der Waals surface area contributed by atoms with Crippen LogP contribution in [-0.4, -0.2) is 17.6 Å². The first kappa shape index (κ1) is 38.7. The molecule has 0 aromatic carbocycles. The minimum absolute atomic E-state index is 0. The van der Waals surface area contributed by atoms with Gasteiger partial charge >= 0.3 is 26.2 Å². The molecular weight excluding hydrogens is 424 g/mol. The number of nitrogens with two attached hydrogens (primary N) is 1. The molecule has 1 rings (SSSR count). The molecule has 0 amide bonds. The van der Waals surface area contributed by atoms with E-state index in [1.54, 1.807) is 0 Å². The molecule has 0 saturated heterocycles. The Kier molecular flexibility index (Phi) is 32.9. The van der Waals surface area contributed by atoms with Gasteiger partial charge in [0.05, 0.1) is 0 Å². The summed E-state index contributed by atoms with van der Waals surface area (Å²) in [4.78, 5) is 0. The van der Waals surface area contributed by atoms with Gasteiger partial charge in [-0.15, -0.1) is 31.7 Å². The van der Waals surface area contributed by atoms with Gasteiger partial charge in [-0.2, -0.15) is 11.1 Å². The molecule has 1 aliphatic carbocycles. The number of hydrogen-bond donors (Lipinski definition) is 0. The van der Waals surface area contributed by atoms with Crippen LogP contribution >= 0.6 is 24.8 Å². The van der Waals surface area contributed by atoms with E-state index in [1.807, 2.05) is 0 Å². The summed E-state index contributed by atoms with van der Waals surface area (Å²) in [6, 6.07) is 0. The molecule has 6 heteroatoms. The number of rotatable bonds is 0. The van der Waals surface area contributed by atoms with Crippen LogP contribution in [0.3, 0.4) is 0 Å². The molecule has 132 valence electrons. The van der Waals surface area contributed by atoms with E-state index in [1.165, 1.54) is 16.7 Å². The van der Waals surface area contributed by atoms with E-state index in [-0.39, 0.29) is 80.2 Å². The van der Waals surface area contributed by atoms with Crippen molar-refractivity contribution in [2.45, 2.75) is 73.9 Å². The smallest absolute Gasteiger partial charge is 0.693 e. The molecule has 0 unspecified atom stereocenters. The summed E-state index contributed by atoms with van der Waals surface area (Å²) in [5, 5.41) is 0. The second-order valence-corrected chi connectivity index (χ2v) is 12.6. The van der Waals surface area contributed by atoms with Crippen LogP contribution in [0, 0.1) is 11.5 Å². The van der Waals surface area contributed by atoms with Crippen LogP contribution in [0.5, 0.6) is 0 Å². The molecular formula is C16H37Cl2NSi2Zr. The Morgan fingerprint density at radius 1 is 0.773 bits per heavy atom. The van der Waals surface area contributed by atoms with Crippen molar-refractivity contribution in [1.82, 2.24) is 0 Å². The first-order chi connectivity index (χ1) is 7.91. The summed E-state index contributed by atoms with van der Waals surface area (Å²) in [7, 11) is 0.241. The summed E-state index contributed by atoms with van der Waals surface area (Å²) < 4.78 is 0. The molecule has 0 aromatic heterocycles. The van der Waals surface area contributed by atoms with E-state index in [9.17, 15) is 0 Å². The van der Waals surface area contributed by atoms with Crippen molar-refractivity contribution in [2.24, 2.45) is 5.41 Å². The van der Waals surface area contributed by atoms with Gasteiger partial charge in [0.2, 0.25) is 0 Å². The molecule has 0 bridgehead atoms. The average Bonchev–Trinajstić information content (AvgIpc) is 2.27. The van der Waals surface area contributed by atoms with Crippen LogP contribution in [0.15, 0.2) is 16.7 Å². The number of hydrogen-bond acceptors (Lipinski definition) is 0. The average molecular weight is 462 g/mol. The molecule has 1 nitrogen and oxygen atoms in total. The summed E-state index contributed by atoms with van der Waals surface area (Å²) >= 11 is 0. The first-order valence-corrected chi connectivity index (χ1v) is 12.8. The maximum atomic E-state index is 3.44. The molecule has 0 aromatic rings. The van der Waals surface area contributed by atoms with E-state index in [2.05, 4.69) is 80.0 Å². The summed E-state index contributed by atoms with van der Waals surface area (Å²) in [5.74, 6) is 0. The summed E-state index contributed by atoms with van der Waals surface area (Å²) in [5.41, 5.74) is 4.39. The number of allylic oxidation sites excluding steroid dienone is 4. The van der Waals surface area contributed by atoms with E-state index < -0.39 is 0 Å². The van der Waals surface area contributed by atoms with Crippen LogP contribution < -0.4 is 0 Å². The van der Waals surface area contributed by atoms with Crippen molar-refractivity contribution in [3.05, 3.63) is 28.9 Å². The van der Waals surface area contributed by atoms with Crippen molar-refractivity contribution < 1.29 is 26.2 Å². The van der Waals surface area contributed by atoms with Gasteiger partial charge in [-0.1, -0.05) is 72.4 Å². The Morgan fingerprint density at radius 3 is 1.05 bits per heavy atom. The quantitative estimate of drug-likeness (QED) is 0.266. The Morgan fingerprint density at radius 2 is 1.00 bits per heavy atom. The van der Waals surface area contributed by atoms with Crippen LogP contribution in [0.25, 0.3) is 6.15 Å². The van der Waals surface area contributed by atoms with Gasteiger partial charge in [-0.25, -0.2) is 5.57 Å². The molecule has 0 spiro atoms. The van der Waals surface area contributed by atoms with Gasteiger partial charge in [0, 0.05) is 17.6 Å². The van der Waals surface area contributed by atoms with Gasteiger partial charge in [0.25, 0.3) is 0 Å². The zero-order valence-electron chi connectivity index (χ0n) is 16.4. The predicted octanol–water partition coefficient (Wildman–Crippen LogP) is 7.41. The third kappa shape index (κ3) is 21.3. The Hall–Kier alpha value is 1.34. The van der Waals surface area contributed by atoms with Crippen molar-refractivity contribution in [3.63, 3.8) is 0 Å². The zero-order chi connectivity index (χ0) is 15.1. The Balaban J connectivity index is -0.0000000467. The molecule has 0 aliphatic heterocycles. The van der Waals surface area contributed by atoms with Crippen LogP contribution in [-0.2, 0) is 26.2 Å². The van der Waals surface area contributed by atoms with Crippen molar-refractivity contribution in [3.8, 4) is 0 Å². The van der Waals surface area contributed by atoms with Gasteiger partial charge in [-0.05, 0) is 0 Å². The van der Waals surface area contributed by atoms with E-state index in [0.717, 1.165) is 0 Å².